The Balaban J connectivity index is 1.51. The van der Waals surface area contributed by atoms with Crippen molar-refractivity contribution in [2.24, 2.45) is 0 Å². The fraction of sp³-hybridized carbons (Fsp3) is 0.308. The molecule has 0 aliphatic carbocycles. The first-order valence-corrected chi connectivity index (χ1v) is 12.1. The highest BCUT2D eigenvalue weighted by molar-refractivity contribution is 7.10. The summed E-state index contributed by atoms with van der Waals surface area (Å²) in [6.07, 6.45) is 0.718. The van der Waals surface area contributed by atoms with Crippen LogP contribution >= 0.6 is 11.3 Å². The van der Waals surface area contributed by atoms with E-state index < -0.39 is 5.82 Å². The number of carbonyl (C=O) groups excluding carboxylic acids is 2. The van der Waals surface area contributed by atoms with Crippen molar-refractivity contribution in [1.29, 1.82) is 0 Å². The molecule has 4 rings (SSSR count). The summed E-state index contributed by atoms with van der Waals surface area (Å²) in [6, 6.07) is 12.6. The maximum atomic E-state index is 13.5. The molecule has 0 radical (unpaired) electrons. The third-order valence-electron chi connectivity index (χ3n) is 5.91. The molecule has 35 heavy (non-hydrogen) atoms. The van der Waals surface area contributed by atoms with Crippen LogP contribution in [0, 0.1) is 11.6 Å². The first kappa shape index (κ1) is 24.8. The van der Waals surface area contributed by atoms with Gasteiger partial charge in [0, 0.05) is 30.6 Å². The van der Waals surface area contributed by atoms with Crippen molar-refractivity contribution in [3.63, 3.8) is 0 Å². The van der Waals surface area contributed by atoms with Crippen LogP contribution < -0.4 is 4.74 Å². The van der Waals surface area contributed by atoms with Crippen molar-refractivity contribution < 1.29 is 27.8 Å². The number of amides is 2. The van der Waals surface area contributed by atoms with E-state index in [0.29, 0.717) is 17.9 Å². The zero-order chi connectivity index (χ0) is 24.8. The van der Waals surface area contributed by atoms with Gasteiger partial charge in [-0.1, -0.05) is 0 Å². The first-order chi connectivity index (χ1) is 17.0. The van der Waals surface area contributed by atoms with Crippen molar-refractivity contribution in [2.45, 2.75) is 12.5 Å². The van der Waals surface area contributed by atoms with Gasteiger partial charge in [-0.15, -0.1) is 11.3 Å². The van der Waals surface area contributed by atoms with E-state index in [1.807, 2.05) is 11.4 Å². The Labute approximate surface area is 206 Å². The van der Waals surface area contributed by atoms with Gasteiger partial charge >= 0.3 is 0 Å². The number of hydrogen-bond acceptors (Lipinski definition) is 5. The van der Waals surface area contributed by atoms with Crippen molar-refractivity contribution in [3.05, 3.63) is 87.6 Å². The molecule has 2 heterocycles. The zero-order valence-electron chi connectivity index (χ0n) is 19.3. The lowest BCUT2D eigenvalue weighted by Crippen LogP contribution is -2.48. The molecule has 1 aromatic heterocycles. The zero-order valence-corrected chi connectivity index (χ0v) is 20.1. The summed E-state index contributed by atoms with van der Waals surface area (Å²) in [5.74, 6) is -0.878. The van der Waals surface area contributed by atoms with Crippen LogP contribution in [0.5, 0.6) is 5.75 Å². The van der Waals surface area contributed by atoms with Crippen molar-refractivity contribution in [1.82, 2.24) is 9.80 Å². The monoisotopic (exact) mass is 500 g/mol. The summed E-state index contributed by atoms with van der Waals surface area (Å²) in [7, 11) is 1.52. The van der Waals surface area contributed by atoms with Crippen LogP contribution in [0.1, 0.15) is 26.8 Å². The number of nitrogens with zero attached hydrogens (tertiary/aromatic N) is 2. The second-order valence-electron chi connectivity index (χ2n) is 8.14. The maximum absolute atomic E-state index is 13.5. The lowest BCUT2D eigenvalue weighted by atomic mass is 10.0. The van der Waals surface area contributed by atoms with Gasteiger partial charge in [-0.05, 0) is 72.0 Å². The molecule has 0 N–H and O–H groups in total. The fourth-order valence-electron chi connectivity index (χ4n) is 4.06. The molecule has 1 atom stereocenters. The molecule has 1 aliphatic rings. The Morgan fingerprint density at radius 1 is 1.06 bits per heavy atom. The molecule has 6 nitrogen and oxygen atoms in total. The molecule has 184 valence electrons. The van der Waals surface area contributed by atoms with Crippen LogP contribution in [0.25, 0.3) is 0 Å². The van der Waals surface area contributed by atoms with Crippen molar-refractivity contribution in [2.75, 3.05) is 40.0 Å². The molecule has 2 amide bonds. The van der Waals surface area contributed by atoms with E-state index in [2.05, 4.69) is 0 Å². The summed E-state index contributed by atoms with van der Waals surface area (Å²) in [4.78, 5) is 30.9. The molecular formula is C26H26F2N2O4S. The Kier molecular flexibility index (Phi) is 8.09. The lowest BCUT2D eigenvalue weighted by Gasteiger charge is -2.37. The molecule has 1 unspecified atom stereocenters. The van der Waals surface area contributed by atoms with E-state index in [0.717, 1.165) is 12.0 Å². The van der Waals surface area contributed by atoms with E-state index in [1.165, 1.54) is 53.3 Å². The molecule has 0 bridgehead atoms. The Bertz CT molecular complexity index is 1150. The molecule has 2 aromatic carbocycles. The van der Waals surface area contributed by atoms with Crippen LogP contribution in [0.3, 0.4) is 0 Å². The van der Waals surface area contributed by atoms with Crippen LogP contribution in [-0.4, -0.2) is 61.6 Å². The maximum Gasteiger partial charge on any atom is 0.254 e. The van der Waals surface area contributed by atoms with Crippen LogP contribution in [0.4, 0.5) is 8.78 Å². The van der Waals surface area contributed by atoms with Crippen LogP contribution in [0.15, 0.2) is 60.0 Å². The average molecular weight is 501 g/mol. The first-order valence-electron chi connectivity index (χ1n) is 11.2. The van der Waals surface area contributed by atoms with Gasteiger partial charge in [0.1, 0.15) is 30.5 Å². The topological polar surface area (TPSA) is 59.1 Å². The van der Waals surface area contributed by atoms with Crippen LogP contribution in [-0.2, 0) is 16.0 Å². The van der Waals surface area contributed by atoms with Gasteiger partial charge < -0.3 is 19.3 Å². The smallest absolute Gasteiger partial charge is 0.254 e. The minimum absolute atomic E-state index is 0.147. The second-order valence-corrected chi connectivity index (χ2v) is 9.14. The van der Waals surface area contributed by atoms with Gasteiger partial charge in [0.2, 0.25) is 5.91 Å². The Morgan fingerprint density at radius 2 is 1.74 bits per heavy atom. The van der Waals surface area contributed by atoms with Gasteiger partial charge in [0.15, 0.2) is 0 Å². The largest absolute Gasteiger partial charge is 0.491 e. The number of hydrogen-bond donors (Lipinski definition) is 0. The van der Waals surface area contributed by atoms with Gasteiger partial charge in [0.25, 0.3) is 5.91 Å². The number of methoxy groups -OCH3 is 1. The third kappa shape index (κ3) is 6.04. The molecule has 0 spiro atoms. The number of rotatable bonds is 9. The Morgan fingerprint density at radius 3 is 2.43 bits per heavy atom. The Hall–Kier alpha value is -3.30. The quantitative estimate of drug-likeness (QED) is 0.439. The number of ether oxygens (including phenoxy) is 2. The summed E-state index contributed by atoms with van der Waals surface area (Å²) in [6.45, 7) is 1.02. The number of thiophene rings is 1. The van der Waals surface area contributed by atoms with E-state index in [4.69, 9.17) is 9.47 Å². The van der Waals surface area contributed by atoms with E-state index in [-0.39, 0.29) is 50.0 Å². The second kappa shape index (κ2) is 11.4. The van der Waals surface area contributed by atoms with Gasteiger partial charge in [-0.3, -0.25) is 9.59 Å². The van der Waals surface area contributed by atoms with Crippen molar-refractivity contribution in [3.8, 4) is 5.75 Å². The predicted molar refractivity (Wildman–Crippen MR) is 129 cm³/mol. The molecule has 9 heteroatoms. The minimum Gasteiger partial charge on any atom is -0.491 e. The fourth-order valence-corrected chi connectivity index (χ4v) is 4.99. The average Bonchev–Trinajstić information content (AvgIpc) is 3.35. The van der Waals surface area contributed by atoms with Crippen LogP contribution in [0.2, 0.25) is 0 Å². The SMILES string of the molecule is COCCN(CC(=O)N1CCc2sccc2C1COc1ccc(F)cc1)C(=O)c1ccc(F)cc1. The highest BCUT2D eigenvalue weighted by Gasteiger charge is 2.33. The minimum atomic E-state index is -0.440. The molecular weight excluding hydrogens is 474 g/mol. The number of fused-ring (bicyclic) bond motifs is 1. The summed E-state index contributed by atoms with van der Waals surface area (Å²) in [5, 5.41) is 1.99. The summed E-state index contributed by atoms with van der Waals surface area (Å²) in [5.41, 5.74) is 1.32. The molecule has 1 aliphatic heterocycles. The number of halogens is 2. The van der Waals surface area contributed by atoms with E-state index >= 15 is 0 Å². The number of carbonyl (C=O) groups is 2. The summed E-state index contributed by atoms with van der Waals surface area (Å²) < 4.78 is 37.6. The molecule has 0 fully saturated rings. The molecule has 0 saturated carbocycles. The standard InChI is InChI=1S/C26H26F2N2O4S/c1-33-14-13-29(26(32)18-2-4-19(27)5-3-18)16-25(31)30-12-10-24-22(11-15-35-24)23(30)17-34-21-8-6-20(28)7-9-21/h2-9,11,15,23H,10,12-14,16-17H2,1H3. The molecule has 0 saturated heterocycles. The van der Waals surface area contributed by atoms with Gasteiger partial charge in [-0.25, -0.2) is 8.78 Å². The summed E-state index contributed by atoms with van der Waals surface area (Å²) >= 11 is 1.64. The van der Waals surface area contributed by atoms with Gasteiger partial charge in [-0.2, -0.15) is 0 Å². The normalized spacial score (nSPS) is 14.9. The van der Waals surface area contributed by atoms with Crippen molar-refractivity contribution >= 4 is 23.2 Å². The van der Waals surface area contributed by atoms with Gasteiger partial charge in [0.05, 0.1) is 12.6 Å². The van der Waals surface area contributed by atoms with E-state index in [1.54, 1.807) is 28.4 Å². The predicted octanol–water partition coefficient (Wildman–Crippen LogP) is 4.32. The number of benzene rings is 2. The van der Waals surface area contributed by atoms with E-state index in [9.17, 15) is 18.4 Å². The highest BCUT2D eigenvalue weighted by atomic mass is 32.1. The third-order valence-corrected chi connectivity index (χ3v) is 6.90. The highest BCUT2D eigenvalue weighted by Crippen LogP contribution is 2.34. The lowest BCUT2D eigenvalue weighted by molar-refractivity contribution is -0.135. The molecule has 3 aromatic rings.